The van der Waals surface area contributed by atoms with Gasteiger partial charge in [0, 0.05) is 5.56 Å². The number of nitrogens with zero attached hydrogens (tertiary/aromatic N) is 3. The Morgan fingerprint density at radius 3 is 2.64 bits per heavy atom. The topological polar surface area (TPSA) is 77.4 Å². The number of methoxy groups -OCH3 is 1. The SMILES string of the molecule is COc1ccc(-c2noc(CN3CCC(CN)CC3)n2)cc1. The van der Waals surface area contributed by atoms with E-state index in [1.807, 2.05) is 24.3 Å². The van der Waals surface area contributed by atoms with E-state index in [1.54, 1.807) is 7.11 Å². The Morgan fingerprint density at radius 1 is 1.27 bits per heavy atom. The molecule has 0 amide bonds. The minimum Gasteiger partial charge on any atom is -0.497 e. The molecule has 0 spiro atoms. The minimum atomic E-state index is 0.620. The molecular weight excluding hydrogens is 280 g/mol. The van der Waals surface area contributed by atoms with Crippen LogP contribution in [0.3, 0.4) is 0 Å². The van der Waals surface area contributed by atoms with Crippen molar-refractivity contribution in [3.63, 3.8) is 0 Å². The van der Waals surface area contributed by atoms with Crippen molar-refractivity contribution in [3.05, 3.63) is 30.2 Å². The molecule has 0 atom stereocenters. The zero-order chi connectivity index (χ0) is 15.4. The summed E-state index contributed by atoms with van der Waals surface area (Å²) in [5.74, 6) is 2.76. The van der Waals surface area contributed by atoms with E-state index in [4.69, 9.17) is 15.0 Å². The number of likely N-dealkylation sites (tertiary alicyclic amines) is 1. The lowest BCUT2D eigenvalue weighted by Gasteiger charge is -2.30. The molecule has 2 heterocycles. The van der Waals surface area contributed by atoms with Gasteiger partial charge in [-0.05, 0) is 62.7 Å². The molecule has 0 radical (unpaired) electrons. The van der Waals surface area contributed by atoms with Gasteiger partial charge >= 0.3 is 0 Å². The number of hydrogen-bond acceptors (Lipinski definition) is 6. The Morgan fingerprint density at radius 2 is 2.00 bits per heavy atom. The quantitative estimate of drug-likeness (QED) is 0.909. The van der Waals surface area contributed by atoms with E-state index >= 15 is 0 Å². The van der Waals surface area contributed by atoms with Crippen molar-refractivity contribution in [3.8, 4) is 17.1 Å². The van der Waals surface area contributed by atoms with Crippen molar-refractivity contribution in [1.82, 2.24) is 15.0 Å². The number of rotatable bonds is 5. The van der Waals surface area contributed by atoms with Crippen molar-refractivity contribution < 1.29 is 9.26 Å². The summed E-state index contributed by atoms with van der Waals surface area (Å²) in [6.07, 6.45) is 2.30. The van der Waals surface area contributed by atoms with E-state index in [0.717, 1.165) is 43.8 Å². The molecule has 6 nitrogen and oxygen atoms in total. The first kappa shape index (κ1) is 15.0. The second-order valence-electron chi connectivity index (χ2n) is 5.70. The maximum Gasteiger partial charge on any atom is 0.241 e. The number of hydrogen-bond donors (Lipinski definition) is 1. The number of piperidine rings is 1. The molecule has 1 aliphatic rings. The highest BCUT2D eigenvalue weighted by molar-refractivity contribution is 5.55. The van der Waals surface area contributed by atoms with Crippen LogP contribution in [-0.2, 0) is 6.54 Å². The maximum absolute atomic E-state index is 5.72. The van der Waals surface area contributed by atoms with Crippen LogP contribution in [0, 0.1) is 5.92 Å². The number of benzene rings is 1. The van der Waals surface area contributed by atoms with Crippen molar-refractivity contribution >= 4 is 0 Å². The lowest BCUT2D eigenvalue weighted by molar-refractivity contribution is 0.161. The first-order valence-electron chi connectivity index (χ1n) is 7.68. The summed E-state index contributed by atoms with van der Waals surface area (Å²) < 4.78 is 10.5. The van der Waals surface area contributed by atoms with Crippen molar-refractivity contribution in [2.75, 3.05) is 26.7 Å². The van der Waals surface area contributed by atoms with E-state index < -0.39 is 0 Å². The van der Waals surface area contributed by atoms with Crippen LogP contribution < -0.4 is 10.5 Å². The van der Waals surface area contributed by atoms with Gasteiger partial charge in [0.25, 0.3) is 0 Å². The van der Waals surface area contributed by atoms with Crippen LogP contribution in [0.15, 0.2) is 28.8 Å². The van der Waals surface area contributed by atoms with E-state index in [0.29, 0.717) is 24.2 Å². The highest BCUT2D eigenvalue weighted by Crippen LogP contribution is 2.21. The molecule has 0 aliphatic carbocycles. The van der Waals surface area contributed by atoms with Crippen molar-refractivity contribution in [2.24, 2.45) is 11.7 Å². The minimum absolute atomic E-state index is 0.620. The molecule has 0 saturated carbocycles. The zero-order valence-electron chi connectivity index (χ0n) is 12.9. The van der Waals surface area contributed by atoms with Gasteiger partial charge in [0.2, 0.25) is 11.7 Å². The lowest BCUT2D eigenvalue weighted by atomic mass is 9.97. The van der Waals surface area contributed by atoms with E-state index in [1.165, 1.54) is 0 Å². The molecule has 3 rings (SSSR count). The molecule has 1 aromatic carbocycles. The molecule has 1 aliphatic heterocycles. The first-order chi connectivity index (χ1) is 10.8. The Hall–Kier alpha value is -1.92. The summed E-state index contributed by atoms with van der Waals surface area (Å²) in [6.45, 7) is 3.58. The first-order valence-corrected chi connectivity index (χ1v) is 7.68. The van der Waals surface area contributed by atoms with Crippen LogP contribution in [0.4, 0.5) is 0 Å². The third-order valence-electron chi connectivity index (χ3n) is 4.22. The molecule has 118 valence electrons. The van der Waals surface area contributed by atoms with E-state index in [9.17, 15) is 0 Å². The van der Waals surface area contributed by atoms with E-state index in [2.05, 4.69) is 15.0 Å². The zero-order valence-corrected chi connectivity index (χ0v) is 12.9. The third kappa shape index (κ3) is 3.45. The van der Waals surface area contributed by atoms with Crippen molar-refractivity contribution in [2.45, 2.75) is 19.4 Å². The summed E-state index contributed by atoms with van der Waals surface area (Å²) in [6, 6.07) is 7.65. The number of aromatic nitrogens is 2. The van der Waals surface area contributed by atoms with Gasteiger partial charge in [0.1, 0.15) is 5.75 Å². The van der Waals surface area contributed by atoms with Crippen LogP contribution >= 0.6 is 0 Å². The van der Waals surface area contributed by atoms with Gasteiger partial charge in [0.05, 0.1) is 13.7 Å². The van der Waals surface area contributed by atoms with Crippen LogP contribution in [0.25, 0.3) is 11.4 Å². The van der Waals surface area contributed by atoms with Gasteiger partial charge in [-0.1, -0.05) is 5.16 Å². The van der Waals surface area contributed by atoms with Crippen LogP contribution in [0.2, 0.25) is 0 Å². The normalized spacial score (nSPS) is 16.8. The fourth-order valence-corrected chi connectivity index (χ4v) is 2.75. The fraction of sp³-hybridized carbons (Fsp3) is 0.500. The summed E-state index contributed by atoms with van der Waals surface area (Å²) in [4.78, 5) is 6.83. The third-order valence-corrected chi connectivity index (χ3v) is 4.22. The van der Waals surface area contributed by atoms with Crippen LogP contribution in [-0.4, -0.2) is 41.8 Å². The van der Waals surface area contributed by atoms with Gasteiger partial charge in [-0.25, -0.2) is 0 Å². The standard InChI is InChI=1S/C16H22N4O2/c1-21-14-4-2-13(3-5-14)16-18-15(22-19-16)11-20-8-6-12(10-17)7-9-20/h2-5,12H,6-11,17H2,1H3. The van der Waals surface area contributed by atoms with Crippen LogP contribution in [0.1, 0.15) is 18.7 Å². The Bertz CT molecular complexity index is 588. The van der Waals surface area contributed by atoms with E-state index in [-0.39, 0.29) is 0 Å². The second-order valence-corrected chi connectivity index (χ2v) is 5.70. The van der Waals surface area contributed by atoms with Crippen LogP contribution in [0.5, 0.6) is 5.75 Å². The lowest BCUT2D eigenvalue weighted by Crippen LogP contribution is -2.35. The van der Waals surface area contributed by atoms with Gasteiger partial charge in [-0.15, -0.1) is 0 Å². The average molecular weight is 302 g/mol. The van der Waals surface area contributed by atoms with Crippen molar-refractivity contribution in [1.29, 1.82) is 0 Å². The summed E-state index contributed by atoms with van der Waals surface area (Å²) >= 11 is 0. The Kier molecular flexibility index (Phi) is 4.70. The maximum atomic E-state index is 5.72. The monoisotopic (exact) mass is 302 g/mol. The molecule has 22 heavy (non-hydrogen) atoms. The summed E-state index contributed by atoms with van der Waals surface area (Å²) in [5, 5.41) is 4.06. The van der Waals surface area contributed by atoms with Gasteiger partial charge in [0.15, 0.2) is 0 Å². The molecule has 2 aromatic rings. The fourth-order valence-electron chi connectivity index (χ4n) is 2.75. The molecule has 2 N–H and O–H groups in total. The molecule has 0 unspecified atom stereocenters. The predicted octanol–water partition coefficient (Wildman–Crippen LogP) is 1.92. The van der Waals surface area contributed by atoms with Gasteiger partial charge in [-0.2, -0.15) is 4.98 Å². The molecule has 0 bridgehead atoms. The smallest absolute Gasteiger partial charge is 0.241 e. The van der Waals surface area contributed by atoms with Gasteiger partial charge in [-0.3, -0.25) is 4.90 Å². The molecule has 6 heteroatoms. The summed E-state index contributed by atoms with van der Waals surface area (Å²) in [7, 11) is 1.65. The largest absolute Gasteiger partial charge is 0.497 e. The Balaban J connectivity index is 1.61. The molecule has 1 saturated heterocycles. The summed E-state index contributed by atoms with van der Waals surface area (Å²) in [5.41, 5.74) is 6.65. The Labute approximate surface area is 130 Å². The molecule has 1 fully saturated rings. The highest BCUT2D eigenvalue weighted by Gasteiger charge is 2.20. The molecular formula is C16H22N4O2. The highest BCUT2D eigenvalue weighted by atomic mass is 16.5. The predicted molar refractivity (Wildman–Crippen MR) is 83.3 cm³/mol. The number of ether oxygens (including phenoxy) is 1. The second kappa shape index (κ2) is 6.89. The van der Waals surface area contributed by atoms with Gasteiger partial charge < -0.3 is 15.0 Å². The molecule has 1 aromatic heterocycles. The average Bonchev–Trinajstić information content (AvgIpc) is 3.04. The number of nitrogens with two attached hydrogens (primary N) is 1.